The predicted octanol–water partition coefficient (Wildman–Crippen LogP) is 1.36. The molecule has 2 aromatic heterocycles. The Bertz CT molecular complexity index is 575. The first-order valence-corrected chi connectivity index (χ1v) is 6.72. The summed E-state index contributed by atoms with van der Waals surface area (Å²) in [6, 6.07) is 0. The second-order valence-electron chi connectivity index (χ2n) is 4.64. The summed E-state index contributed by atoms with van der Waals surface area (Å²) in [6.45, 7) is 6.17. The Morgan fingerprint density at radius 3 is 2.79 bits per heavy atom. The van der Waals surface area contributed by atoms with E-state index in [9.17, 15) is 4.79 Å². The van der Waals surface area contributed by atoms with Crippen LogP contribution in [0.1, 0.15) is 46.8 Å². The monoisotopic (exact) mass is 280 g/mol. The Balaban J connectivity index is 2.12. The third-order valence-corrected chi connectivity index (χ3v) is 3.35. The van der Waals surface area contributed by atoms with Crippen LogP contribution < -0.4 is 0 Å². The van der Waals surface area contributed by atoms with Crippen molar-refractivity contribution >= 4 is 17.4 Å². The van der Waals surface area contributed by atoms with E-state index in [2.05, 4.69) is 24.8 Å². The zero-order valence-corrected chi connectivity index (χ0v) is 12.2. The molecule has 0 aliphatic rings. The van der Waals surface area contributed by atoms with Gasteiger partial charge in [0.05, 0.1) is 12.2 Å². The first kappa shape index (κ1) is 13.6. The molecule has 1 amide bonds. The number of aryl methyl sites for hydroxylation is 1. The molecule has 2 aromatic rings. The molecule has 0 saturated heterocycles. The van der Waals surface area contributed by atoms with Crippen molar-refractivity contribution < 1.29 is 4.79 Å². The van der Waals surface area contributed by atoms with Gasteiger partial charge in [-0.15, -0.1) is 5.10 Å². The Labute approximate surface area is 115 Å². The van der Waals surface area contributed by atoms with Crippen LogP contribution in [0.5, 0.6) is 0 Å². The number of aromatic amines is 1. The lowest BCUT2D eigenvalue weighted by atomic mass is 10.1. The molecule has 0 bridgehead atoms. The Morgan fingerprint density at radius 2 is 2.21 bits per heavy atom. The number of amides is 1. The molecule has 1 N–H and O–H groups in total. The maximum Gasteiger partial charge on any atom is 0.267 e. The minimum absolute atomic E-state index is 0.0962. The molecule has 0 fully saturated rings. The third-order valence-electron chi connectivity index (χ3n) is 2.62. The molecule has 19 heavy (non-hydrogen) atoms. The predicted molar refractivity (Wildman–Crippen MR) is 70.9 cm³/mol. The minimum Gasteiger partial charge on any atom is -0.333 e. The maximum atomic E-state index is 12.3. The summed E-state index contributed by atoms with van der Waals surface area (Å²) >= 11 is 1.13. The van der Waals surface area contributed by atoms with E-state index in [1.165, 1.54) is 0 Å². The second kappa shape index (κ2) is 5.43. The smallest absolute Gasteiger partial charge is 0.267 e. The van der Waals surface area contributed by atoms with Gasteiger partial charge in [0.2, 0.25) is 0 Å². The number of hydrogen-bond acceptors (Lipinski definition) is 6. The van der Waals surface area contributed by atoms with Gasteiger partial charge in [-0.25, -0.2) is 4.98 Å². The summed E-state index contributed by atoms with van der Waals surface area (Å²) in [7, 11) is 1.72. The normalized spacial score (nSPS) is 11.0. The Morgan fingerprint density at radius 1 is 1.47 bits per heavy atom. The highest BCUT2D eigenvalue weighted by Gasteiger charge is 2.22. The van der Waals surface area contributed by atoms with Crippen molar-refractivity contribution in [2.24, 2.45) is 0 Å². The molecule has 8 heteroatoms. The first-order chi connectivity index (χ1) is 8.99. The summed E-state index contributed by atoms with van der Waals surface area (Å²) in [5.41, 5.74) is 0.744. The molecule has 0 aliphatic carbocycles. The molecule has 0 aliphatic heterocycles. The molecule has 102 valence electrons. The van der Waals surface area contributed by atoms with Gasteiger partial charge in [0, 0.05) is 7.05 Å². The molecule has 0 unspecified atom stereocenters. The molecule has 0 saturated carbocycles. The number of nitrogens with one attached hydrogen (secondary N) is 1. The Kier molecular flexibility index (Phi) is 3.89. The highest BCUT2D eigenvalue weighted by atomic mass is 32.1. The number of nitrogens with zero attached hydrogens (tertiary/aromatic N) is 5. The van der Waals surface area contributed by atoms with E-state index < -0.39 is 0 Å². The molecule has 2 rings (SSSR count). The van der Waals surface area contributed by atoms with Crippen LogP contribution in [0, 0.1) is 6.92 Å². The molecular weight excluding hydrogens is 264 g/mol. The highest BCUT2D eigenvalue weighted by molar-refractivity contribution is 7.08. The zero-order chi connectivity index (χ0) is 14.0. The van der Waals surface area contributed by atoms with Gasteiger partial charge in [-0.2, -0.15) is 5.10 Å². The van der Waals surface area contributed by atoms with Crippen LogP contribution in [-0.2, 0) is 6.54 Å². The third kappa shape index (κ3) is 2.95. The van der Waals surface area contributed by atoms with E-state index in [0.717, 1.165) is 23.1 Å². The van der Waals surface area contributed by atoms with Gasteiger partial charge in [0.15, 0.2) is 5.82 Å². The van der Waals surface area contributed by atoms with Crippen molar-refractivity contribution in [3.63, 3.8) is 0 Å². The lowest BCUT2D eigenvalue weighted by molar-refractivity contribution is 0.0784. The zero-order valence-electron chi connectivity index (χ0n) is 11.3. The van der Waals surface area contributed by atoms with Crippen LogP contribution in [0.3, 0.4) is 0 Å². The summed E-state index contributed by atoms with van der Waals surface area (Å²) < 4.78 is 3.86. The van der Waals surface area contributed by atoms with Gasteiger partial charge in [0.1, 0.15) is 10.7 Å². The second-order valence-corrected chi connectivity index (χ2v) is 5.39. The molecule has 2 heterocycles. The average Bonchev–Trinajstić information content (AvgIpc) is 2.97. The van der Waals surface area contributed by atoms with Gasteiger partial charge in [-0.05, 0) is 24.4 Å². The van der Waals surface area contributed by atoms with Gasteiger partial charge in [0.25, 0.3) is 5.91 Å². The molecule has 7 nitrogen and oxygen atoms in total. The van der Waals surface area contributed by atoms with Crippen LogP contribution in [0.2, 0.25) is 0 Å². The first-order valence-electron chi connectivity index (χ1n) is 5.94. The van der Waals surface area contributed by atoms with Crippen LogP contribution in [0.15, 0.2) is 0 Å². The van der Waals surface area contributed by atoms with E-state index >= 15 is 0 Å². The topological polar surface area (TPSA) is 87.7 Å². The Hall–Kier alpha value is -1.83. The van der Waals surface area contributed by atoms with Crippen LogP contribution in [-0.4, -0.2) is 42.6 Å². The van der Waals surface area contributed by atoms with E-state index in [4.69, 9.17) is 0 Å². The molecule has 0 atom stereocenters. The van der Waals surface area contributed by atoms with E-state index in [1.54, 1.807) is 11.9 Å². The van der Waals surface area contributed by atoms with Crippen molar-refractivity contribution in [2.75, 3.05) is 7.05 Å². The largest absolute Gasteiger partial charge is 0.333 e. The number of hydrogen-bond donors (Lipinski definition) is 1. The van der Waals surface area contributed by atoms with Gasteiger partial charge >= 0.3 is 0 Å². The fourth-order valence-corrected chi connectivity index (χ4v) is 2.46. The van der Waals surface area contributed by atoms with Crippen LogP contribution in [0.4, 0.5) is 0 Å². The van der Waals surface area contributed by atoms with Crippen molar-refractivity contribution in [2.45, 2.75) is 33.2 Å². The van der Waals surface area contributed by atoms with Gasteiger partial charge in [-0.1, -0.05) is 18.3 Å². The number of rotatable bonds is 4. The fraction of sp³-hybridized carbons (Fsp3) is 0.545. The van der Waals surface area contributed by atoms with E-state index in [0.29, 0.717) is 17.2 Å². The average molecular weight is 280 g/mol. The lowest BCUT2D eigenvalue weighted by Crippen LogP contribution is -2.27. The van der Waals surface area contributed by atoms with Crippen LogP contribution >= 0.6 is 11.5 Å². The molecule has 0 spiro atoms. The molecule has 0 radical (unpaired) electrons. The summed E-state index contributed by atoms with van der Waals surface area (Å²) in [6.07, 6.45) is 0. The van der Waals surface area contributed by atoms with Crippen molar-refractivity contribution in [1.29, 1.82) is 0 Å². The molecular formula is C11H16N6OS. The number of aromatic nitrogens is 5. The number of H-pyrrole nitrogens is 1. The number of carbonyl (C=O) groups is 1. The quantitative estimate of drug-likeness (QED) is 0.913. The van der Waals surface area contributed by atoms with Crippen LogP contribution in [0.25, 0.3) is 0 Å². The van der Waals surface area contributed by atoms with E-state index in [1.807, 2.05) is 20.8 Å². The lowest BCUT2D eigenvalue weighted by Gasteiger charge is -2.14. The van der Waals surface area contributed by atoms with Crippen molar-refractivity contribution in [1.82, 2.24) is 29.7 Å². The summed E-state index contributed by atoms with van der Waals surface area (Å²) in [5.74, 6) is 1.41. The summed E-state index contributed by atoms with van der Waals surface area (Å²) in [5, 5.41) is 10.8. The van der Waals surface area contributed by atoms with Crippen molar-refractivity contribution in [3.05, 3.63) is 22.2 Å². The highest BCUT2D eigenvalue weighted by Crippen LogP contribution is 2.21. The van der Waals surface area contributed by atoms with Gasteiger partial charge in [-0.3, -0.25) is 9.89 Å². The van der Waals surface area contributed by atoms with E-state index in [-0.39, 0.29) is 11.8 Å². The molecule has 0 aromatic carbocycles. The maximum absolute atomic E-state index is 12.3. The van der Waals surface area contributed by atoms with Crippen molar-refractivity contribution in [3.8, 4) is 0 Å². The van der Waals surface area contributed by atoms with Gasteiger partial charge < -0.3 is 4.90 Å². The fourth-order valence-electron chi connectivity index (χ4n) is 1.64. The minimum atomic E-state index is -0.0962. The number of carbonyl (C=O) groups excluding carboxylic acids is 1. The SMILES string of the molecule is Cc1nc(CN(C)C(=O)c2snnc2C(C)C)n[nH]1. The standard InChI is InChI=1S/C11H16N6OS/c1-6(2)9-10(19-16-15-9)11(18)17(4)5-8-12-7(3)13-14-8/h6H,5H2,1-4H3,(H,12,13,14). The summed E-state index contributed by atoms with van der Waals surface area (Å²) in [4.78, 5) is 18.7.